The summed E-state index contributed by atoms with van der Waals surface area (Å²) in [4.78, 5) is 11.8. The number of rotatable bonds is 5. The SMILES string of the molecule is CCC[C@H](C)CC(=O)NC1CCC(C)CC1. The lowest BCUT2D eigenvalue weighted by molar-refractivity contribution is -0.122. The fourth-order valence-corrected chi connectivity index (χ4v) is 2.60. The van der Waals surface area contributed by atoms with Crippen LogP contribution < -0.4 is 5.32 Å². The Morgan fingerprint density at radius 1 is 1.31 bits per heavy atom. The first-order valence-electron chi connectivity index (χ1n) is 6.91. The minimum atomic E-state index is 0.264. The molecule has 2 heteroatoms. The van der Waals surface area contributed by atoms with E-state index in [1.54, 1.807) is 0 Å². The van der Waals surface area contributed by atoms with Crippen molar-refractivity contribution in [2.75, 3.05) is 0 Å². The molecule has 1 rings (SSSR count). The van der Waals surface area contributed by atoms with Gasteiger partial charge in [0.2, 0.25) is 5.91 Å². The molecule has 2 nitrogen and oxygen atoms in total. The highest BCUT2D eigenvalue weighted by Crippen LogP contribution is 2.23. The second-order valence-corrected chi connectivity index (χ2v) is 5.62. The smallest absolute Gasteiger partial charge is 0.220 e. The van der Waals surface area contributed by atoms with E-state index in [-0.39, 0.29) is 5.91 Å². The number of carbonyl (C=O) groups is 1. The zero-order chi connectivity index (χ0) is 12.0. The standard InChI is InChI=1S/C14H27NO/c1-4-5-12(3)10-14(16)15-13-8-6-11(2)7-9-13/h11-13H,4-10H2,1-3H3,(H,15,16)/t11?,12-,13?/m0/s1. The molecule has 0 heterocycles. The van der Waals surface area contributed by atoms with Crippen LogP contribution in [0.1, 0.15) is 65.7 Å². The molecule has 0 bridgehead atoms. The van der Waals surface area contributed by atoms with Crippen LogP contribution in [0, 0.1) is 11.8 Å². The van der Waals surface area contributed by atoms with Gasteiger partial charge in [-0.25, -0.2) is 0 Å². The predicted molar refractivity (Wildman–Crippen MR) is 68.3 cm³/mol. The van der Waals surface area contributed by atoms with Gasteiger partial charge in [-0.05, 0) is 37.5 Å². The largest absolute Gasteiger partial charge is 0.353 e. The lowest BCUT2D eigenvalue weighted by Gasteiger charge is -2.27. The molecule has 0 aromatic carbocycles. The van der Waals surface area contributed by atoms with Gasteiger partial charge in [-0.3, -0.25) is 4.79 Å². The van der Waals surface area contributed by atoms with E-state index in [2.05, 4.69) is 26.1 Å². The molecule has 0 saturated heterocycles. The minimum Gasteiger partial charge on any atom is -0.353 e. The molecule has 1 atom stereocenters. The van der Waals surface area contributed by atoms with Gasteiger partial charge in [0.05, 0.1) is 0 Å². The van der Waals surface area contributed by atoms with Crippen molar-refractivity contribution in [3.8, 4) is 0 Å². The van der Waals surface area contributed by atoms with Gasteiger partial charge in [0.1, 0.15) is 0 Å². The Bertz CT molecular complexity index is 207. The lowest BCUT2D eigenvalue weighted by Crippen LogP contribution is -2.37. The van der Waals surface area contributed by atoms with Gasteiger partial charge in [-0.15, -0.1) is 0 Å². The van der Waals surface area contributed by atoms with Gasteiger partial charge < -0.3 is 5.32 Å². The van der Waals surface area contributed by atoms with Crippen molar-refractivity contribution < 1.29 is 4.79 Å². The van der Waals surface area contributed by atoms with Gasteiger partial charge in [-0.2, -0.15) is 0 Å². The summed E-state index contributed by atoms with van der Waals surface area (Å²) in [6.45, 7) is 6.66. The molecule has 1 amide bonds. The van der Waals surface area contributed by atoms with E-state index >= 15 is 0 Å². The summed E-state index contributed by atoms with van der Waals surface area (Å²) >= 11 is 0. The molecule has 0 unspecified atom stereocenters. The topological polar surface area (TPSA) is 29.1 Å². The van der Waals surface area contributed by atoms with Crippen LogP contribution in [0.4, 0.5) is 0 Å². The van der Waals surface area contributed by atoms with Crippen molar-refractivity contribution in [1.29, 1.82) is 0 Å². The quantitative estimate of drug-likeness (QED) is 0.762. The zero-order valence-electron chi connectivity index (χ0n) is 11.1. The molecule has 1 aliphatic rings. The van der Waals surface area contributed by atoms with Crippen LogP contribution >= 0.6 is 0 Å². The highest BCUT2D eigenvalue weighted by atomic mass is 16.1. The second-order valence-electron chi connectivity index (χ2n) is 5.62. The second kappa shape index (κ2) is 6.93. The van der Waals surface area contributed by atoms with Gasteiger partial charge >= 0.3 is 0 Å². The molecule has 0 aromatic heterocycles. The Morgan fingerprint density at radius 2 is 1.94 bits per heavy atom. The lowest BCUT2D eigenvalue weighted by atomic mass is 9.87. The van der Waals surface area contributed by atoms with Crippen LogP contribution in [0.15, 0.2) is 0 Å². The van der Waals surface area contributed by atoms with E-state index in [0.717, 1.165) is 12.3 Å². The van der Waals surface area contributed by atoms with Gasteiger partial charge in [0.25, 0.3) is 0 Å². The molecule has 1 aliphatic carbocycles. The summed E-state index contributed by atoms with van der Waals surface area (Å²) < 4.78 is 0. The Kier molecular flexibility index (Phi) is 5.86. The number of amides is 1. The van der Waals surface area contributed by atoms with Gasteiger partial charge in [0, 0.05) is 12.5 Å². The van der Waals surface area contributed by atoms with Crippen molar-refractivity contribution in [1.82, 2.24) is 5.32 Å². The monoisotopic (exact) mass is 225 g/mol. The molecule has 94 valence electrons. The first-order chi connectivity index (χ1) is 7.61. The fraction of sp³-hybridized carbons (Fsp3) is 0.929. The van der Waals surface area contributed by atoms with Crippen LogP contribution in [-0.4, -0.2) is 11.9 Å². The summed E-state index contributed by atoms with van der Waals surface area (Å²) in [5.41, 5.74) is 0. The van der Waals surface area contributed by atoms with Crippen molar-refractivity contribution in [3.05, 3.63) is 0 Å². The number of carbonyl (C=O) groups excluding carboxylic acids is 1. The van der Waals surface area contributed by atoms with E-state index < -0.39 is 0 Å². The van der Waals surface area contributed by atoms with Gasteiger partial charge in [0.15, 0.2) is 0 Å². The third-order valence-corrected chi connectivity index (χ3v) is 3.70. The van der Waals surface area contributed by atoms with Crippen LogP contribution in [0.2, 0.25) is 0 Å². The Hall–Kier alpha value is -0.530. The molecule has 0 aliphatic heterocycles. The number of nitrogens with one attached hydrogen (secondary N) is 1. The third kappa shape index (κ3) is 5.00. The Labute approximate surface area is 100 Å². The van der Waals surface area contributed by atoms with Crippen LogP contribution in [-0.2, 0) is 4.79 Å². The maximum Gasteiger partial charge on any atom is 0.220 e. The summed E-state index contributed by atoms with van der Waals surface area (Å²) in [6.07, 6.45) is 7.94. The maximum atomic E-state index is 11.8. The average molecular weight is 225 g/mol. The predicted octanol–water partition coefficient (Wildman–Crippen LogP) is 3.51. The molecule has 0 radical (unpaired) electrons. The van der Waals surface area contributed by atoms with Crippen molar-refractivity contribution in [3.63, 3.8) is 0 Å². The maximum absolute atomic E-state index is 11.8. The molecular formula is C14H27NO. The van der Waals surface area contributed by atoms with Gasteiger partial charge in [-0.1, -0.05) is 33.6 Å². The minimum absolute atomic E-state index is 0.264. The summed E-state index contributed by atoms with van der Waals surface area (Å²) in [5, 5.41) is 3.19. The van der Waals surface area contributed by atoms with E-state index in [4.69, 9.17) is 0 Å². The normalized spacial score (nSPS) is 27.4. The Balaban J connectivity index is 2.18. The molecule has 16 heavy (non-hydrogen) atoms. The van der Waals surface area contributed by atoms with E-state index in [9.17, 15) is 4.79 Å². The first kappa shape index (κ1) is 13.5. The van der Waals surface area contributed by atoms with E-state index in [1.807, 2.05) is 0 Å². The van der Waals surface area contributed by atoms with Crippen molar-refractivity contribution >= 4 is 5.91 Å². The van der Waals surface area contributed by atoms with Crippen LogP contribution in [0.25, 0.3) is 0 Å². The average Bonchev–Trinajstić information content (AvgIpc) is 2.21. The van der Waals surface area contributed by atoms with E-state index in [1.165, 1.54) is 32.1 Å². The highest BCUT2D eigenvalue weighted by molar-refractivity contribution is 5.76. The number of hydrogen-bond donors (Lipinski definition) is 1. The molecule has 1 N–H and O–H groups in total. The Morgan fingerprint density at radius 3 is 2.50 bits per heavy atom. The molecule has 0 aromatic rings. The van der Waals surface area contributed by atoms with Crippen LogP contribution in [0.5, 0.6) is 0 Å². The van der Waals surface area contributed by atoms with Crippen LogP contribution in [0.3, 0.4) is 0 Å². The summed E-state index contributed by atoms with van der Waals surface area (Å²) in [6, 6.07) is 0.456. The summed E-state index contributed by atoms with van der Waals surface area (Å²) in [7, 11) is 0. The molecule has 1 saturated carbocycles. The highest BCUT2D eigenvalue weighted by Gasteiger charge is 2.20. The summed E-state index contributed by atoms with van der Waals surface area (Å²) in [5.74, 6) is 1.65. The fourth-order valence-electron chi connectivity index (χ4n) is 2.60. The molecular weight excluding hydrogens is 198 g/mol. The molecule has 1 fully saturated rings. The molecule has 0 spiro atoms. The van der Waals surface area contributed by atoms with E-state index in [0.29, 0.717) is 18.4 Å². The van der Waals surface area contributed by atoms with Crippen molar-refractivity contribution in [2.45, 2.75) is 71.8 Å². The number of hydrogen-bond acceptors (Lipinski definition) is 1. The third-order valence-electron chi connectivity index (χ3n) is 3.70. The van der Waals surface area contributed by atoms with Crippen molar-refractivity contribution in [2.24, 2.45) is 11.8 Å². The first-order valence-corrected chi connectivity index (χ1v) is 6.91. The zero-order valence-corrected chi connectivity index (χ0v) is 11.1.